The molecule has 12 nitrogen and oxygen atoms in total. The van der Waals surface area contributed by atoms with E-state index in [2.05, 4.69) is 10.3 Å². The van der Waals surface area contributed by atoms with Crippen molar-refractivity contribution in [1.29, 1.82) is 0 Å². The number of hydrogen-bond acceptors (Lipinski definition) is 11. The monoisotopic (exact) mass is 602 g/mol. The Labute approximate surface area is 251 Å². The number of ether oxygens (including phenoxy) is 1. The predicted molar refractivity (Wildman–Crippen MR) is 159 cm³/mol. The van der Waals surface area contributed by atoms with E-state index in [0.717, 1.165) is 24.1 Å². The molecular formula is C32H30N2O10. The van der Waals surface area contributed by atoms with Gasteiger partial charge in [0.05, 0.1) is 18.6 Å². The zero-order valence-corrected chi connectivity index (χ0v) is 23.1. The van der Waals surface area contributed by atoms with E-state index in [-0.39, 0.29) is 24.2 Å². The molecule has 2 unspecified atom stereocenters. The fourth-order valence-electron chi connectivity index (χ4n) is 5.36. The maximum Gasteiger partial charge on any atom is 0.228 e. The summed E-state index contributed by atoms with van der Waals surface area (Å²) in [6, 6.07) is 19.5. The van der Waals surface area contributed by atoms with E-state index in [1.807, 2.05) is 30.3 Å². The van der Waals surface area contributed by atoms with Gasteiger partial charge in [0.2, 0.25) is 5.91 Å². The highest BCUT2D eigenvalue weighted by atomic mass is 16.5. The molecule has 4 aromatic rings. The van der Waals surface area contributed by atoms with E-state index >= 15 is 0 Å². The van der Waals surface area contributed by atoms with Crippen molar-refractivity contribution in [2.24, 2.45) is 4.99 Å². The average molecular weight is 603 g/mol. The van der Waals surface area contributed by atoms with Crippen molar-refractivity contribution in [3.05, 3.63) is 95.1 Å². The largest absolute Gasteiger partial charge is 0.507 e. The van der Waals surface area contributed by atoms with E-state index in [9.17, 15) is 45.6 Å². The topological polar surface area (TPSA) is 213 Å². The molecule has 0 bridgehead atoms. The Hall–Kier alpha value is -5.46. The molecule has 1 aliphatic carbocycles. The van der Waals surface area contributed by atoms with Crippen LogP contribution < -0.4 is 5.32 Å². The third kappa shape index (κ3) is 5.76. The Balaban J connectivity index is 1.38. The molecule has 0 aliphatic heterocycles. The first-order chi connectivity index (χ1) is 21.1. The zero-order valence-electron chi connectivity index (χ0n) is 23.1. The highest BCUT2D eigenvalue weighted by Crippen LogP contribution is 2.59. The molecule has 12 heteroatoms. The summed E-state index contributed by atoms with van der Waals surface area (Å²) < 4.78 is 5.35. The first-order valence-electron chi connectivity index (χ1n) is 13.5. The SMILES string of the molecule is O=C(Cc1ccccc1)Nc1c(O)cc(O)c(C2C(O)C(c3c(O)cc(O)c(N=COCc4ccccc4)c3O)C2O)c1O. The second-order valence-electron chi connectivity index (χ2n) is 10.4. The normalized spacial score (nSPS) is 19.4. The van der Waals surface area contributed by atoms with Crippen LogP contribution in [0.1, 0.15) is 34.1 Å². The van der Waals surface area contributed by atoms with E-state index < -0.39 is 75.8 Å². The molecule has 0 aromatic heterocycles. The van der Waals surface area contributed by atoms with Crippen molar-refractivity contribution >= 4 is 23.7 Å². The number of aliphatic hydroxyl groups is 2. The minimum Gasteiger partial charge on any atom is -0.507 e. The second kappa shape index (κ2) is 12.4. The van der Waals surface area contributed by atoms with Crippen molar-refractivity contribution < 1.29 is 50.4 Å². The van der Waals surface area contributed by atoms with E-state index in [4.69, 9.17) is 4.74 Å². The van der Waals surface area contributed by atoms with Gasteiger partial charge in [-0.15, -0.1) is 0 Å². The molecule has 1 amide bonds. The number of phenolic OH excluding ortho intramolecular Hbond substituents is 6. The Morgan fingerprint density at radius 3 is 1.84 bits per heavy atom. The van der Waals surface area contributed by atoms with Gasteiger partial charge in [0.15, 0.2) is 17.8 Å². The molecule has 1 saturated carbocycles. The first kappa shape index (κ1) is 30.0. The van der Waals surface area contributed by atoms with E-state index in [1.54, 1.807) is 30.3 Å². The molecular weight excluding hydrogens is 572 g/mol. The molecule has 0 spiro atoms. The number of nitrogens with one attached hydrogen (secondary N) is 1. The van der Waals surface area contributed by atoms with Crippen molar-refractivity contribution in [2.75, 3.05) is 5.32 Å². The van der Waals surface area contributed by atoms with Gasteiger partial charge in [-0.05, 0) is 11.1 Å². The average Bonchev–Trinajstić information content (AvgIpc) is 2.99. The number of phenols is 6. The van der Waals surface area contributed by atoms with Gasteiger partial charge in [-0.1, -0.05) is 60.7 Å². The Bertz CT molecular complexity index is 1690. The van der Waals surface area contributed by atoms with Crippen molar-refractivity contribution in [2.45, 2.75) is 37.1 Å². The number of hydrogen-bond donors (Lipinski definition) is 9. The molecule has 0 radical (unpaired) electrons. The number of aromatic hydroxyl groups is 6. The molecule has 1 fully saturated rings. The number of rotatable bonds is 9. The van der Waals surface area contributed by atoms with Crippen molar-refractivity contribution in [1.82, 2.24) is 0 Å². The molecule has 5 rings (SSSR count). The zero-order chi connectivity index (χ0) is 31.5. The number of anilines is 1. The standard InChI is InChI=1S/C32H30N2O10/c35-18-12-20(37)27(33-15-44-14-17-9-5-2-6-10-17)31(42)23(18)25-29(40)26(30(25)41)24-19(36)13-21(38)28(32(24)43)34-22(39)11-16-7-3-1-4-8-16/h1-10,12-13,15,25-26,29-30,35-38,40-43H,11,14H2,(H,34,39). The number of amides is 1. The lowest BCUT2D eigenvalue weighted by atomic mass is 9.62. The summed E-state index contributed by atoms with van der Waals surface area (Å²) >= 11 is 0. The number of carbonyl (C=O) groups is 1. The van der Waals surface area contributed by atoms with Crippen LogP contribution in [0, 0.1) is 0 Å². The Morgan fingerprint density at radius 1 is 0.727 bits per heavy atom. The summed E-state index contributed by atoms with van der Waals surface area (Å²) in [4.78, 5) is 16.5. The number of aliphatic hydroxyl groups excluding tert-OH is 2. The molecule has 0 saturated heterocycles. The van der Waals surface area contributed by atoms with Crippen LogP contribution in [-0.2, 0) is 22.6 Å². The van der Waals surface area contributed by atoms with Gasteiger partial charge < -0.3 is 50.9 Å². The third-order valence-corrected chi connectivity index (χ3v) is 7.53. The van der Waals surface area contributed by atoms with Crippen LogP contribution >= 0.6 is 0 Å². The Morgan fingerprint density at radius 2 is 1.25 bits per heavy atom. The lowest BCUT2D eigenvalue weighted by Gasteiger charge is -2.47. The molecule has 2 atom stereocenters. The van der Waals surface area contributed by atoms with Crippen LogP contribution in [0.5, 0.6) is 34.5 Å². The minimum absolute atomic E-state index is 0.0891. The summed E-state index contributed by atoms with van der Waals surface area (Å²) in [7, 11) is 0. The maximum atomic E-state index is 12.6. The van der Waals surface area contributed by atoms with Crippen LogP contribution in [0.25, 0.3) is 0 Å². The number of aliphatic imine (C=N–C) groups is 1. The predicted octanol–water partition coefficient (Wildman–Crippen LogP) is 3.58. The van der Waals surface area contributed by atoms with Gasteiger partial charge in [-0.3, -0.25) is 4.79 Å². The maximum absolute atomic E-state index is 12.6. The third-order valence-electron chi connectivity index (χ3n) is 7.53. The van der Waals surface area contributed by atoms with Crippen LogP contribution in [-0.4, -0.2) is 65.4 Å². The van der Waals surface area contributed by atoms with Crippen molar-refractivity contribution in [3.63, 3.8) is 0 Å². The highest BCUT2D eigenvalue weighted by Gasteiger charge is 2.54. The van der Waals surface area contributed by atoms with Gasteiger partial charge in [0, 0.05) is 35.1 Å². The summed E-state index contributed by atoms with van der Waals surface area (Å²) in [5.74, 6) is -7.44. The lowest BCUT2D eigenvalue weighted by molar-refractivity contribution is -0.115. The van der Waals surface area contributed by atoms with Gasteiger partial charge in [-0.2, -0.15) is 0 Å². The molecule has 228 valence electrons. The molecule has 4 aromatic carbocycles. The first-order valence-corrected chi connectivity index (χ1v) is 13.5. The fraction of sp³-hybridized carbons (Fsp3) is 0.188. The molecule has 0 heterocycles. The number of nitrogens with zero attached hydrogens (tertiary/aromatic N) is 1. The number of carbonyl (C=O) groups excluding carboxylic acids is 1. The van der Waals surface area contributed by atoms with Gasteiger partial charge >= 0.3 is 0 Å². The van der Waals surface area contributed by atoms with E-state index in [0.29, 0.717) is 5.56 Å². The fourth-order valence-corrected chi connectivity index (χ4v) is 5.36. The van der Waals surface area contributed by atoms with Gasteiger partial charge in [-0.25, -0.2) is 4.99 Å². The molecule has 1 aliphatic rings. The van der Waals surface area contributed by atoms with Crippen molar-refractivity contribution in [3.8, 4) is 34.5 Å². The second-order valence-corrected chi connectivity index (χ2v) is 10.4. The summed E-state index contributed by atoms with van der Waals surface area (Å²) in [5, 5.41) is 88.2. The summed E-state index contributed by atoms with van der Waals surface area (Å²) in [5.41, 5.74) is -0.0555. The van der Waals surface area contributed by atoms with Gasteiger partial charge in [0.1, 0.15) is 41.0 Å². The van der Waals surface area contributed by atoms with Crippen LogP contribution in [0.4, 0.5) is 11.4 Å². The summed E-state index contributed by atoms with van der Waals surface area (Å²) in [6.45, 7) is 0.146. The smallest absolute Gasteiger partial charge is 0.228 e. The van der Waals surface area contributed by atoms with Crippen LogP contribution in [0.3, 0.4) is 0 Å². The Kier molecular flexibility index (Phi) is 8.47. The summed E-state index contributed by atoms with van der Waals surface area (Å²) in [6.07, 6.45) is -2.31. The molecule has 44 heavy (non-hydrogen) atoms. The van der Waals surface area contributed by atoms with Crippen LogP contribution in [0.2, 0.25) is 0 Å². The van der Waals surface area contributed by atoms with Crippen LogP contribution in [0.15, 0.2) is 77.8 Å². The van der Waals surface area contributed by atoms with E-state index in [1.165, 1.54) is 0 Å². The quantitative estimate of drug-likeness (QED) is 0.0588. The molecule has 9 N–H and O–H groups in total. The lowest BCUT2D eigenvalue weighted by Crippen LogP contribution is -2.51. The minimum atomic E-state index is -1.60. The number of benzene rings is 4. The highest BCUT2D eigenvalue weighted by molar-refractivity contribution is 5.96. The van der Waals surface area contributed by atoms with Gasteiger partial charge in [0.25, 0.3) is 0 Å².